The molecule has 0 atom stereocenters. The summed E-state index contributed by atoms with van der Waals surface area (Å²) in [6, 6.07) is 0. The number of rotatable bonds is 4. The van der Waals surface area contributed by atoms with Crippen molar-refractivity contribution in [1.82, 2.24) is 5.23 Å². The van der Waals surface area contributed by atoms with Gasteiger partial charge in [0.15, 0.2) is 0 Å². The van der Waals surface area contributed by atoms with E-state index >= 15 is 0 Å². The van der Waals surface area contributed by atoms with Gasteiger partial charge < -0.3 is 9.96 Å². The van der Waals surface area contributed by atoms with Crippen LogP contribution in [0.2, 0.25) is 6.32 Å². The molecule has 0 unspecified atom stereocenters. The first-order valence-electron chi connectivity index (χ1n) is 4.74. The van der Waals surface area contributed by atoms with Gasteiger partial charge in [-0.2, -0.15) is 0 Å². The Morgan fingerprint density at radius 2 is 2.50 bits per heavy atom. The first-order chi connectivity index (χ1) is 5.84. The summed E-state index contributed by atoms with van der Waals surface area (Å²) in [5.74, 6) is -0.0686. The standard InChI is InChI=1S/C8H16BNO2/c1-2-3-7-12-8(11)9-5-4-6-10-9/h10H,2-7H2,1H3. The molecule has 1 fully saturated rings. The normalized spacial score (nSPS) is 16.6. The maximum atomic E-state index is 11.2. The second kappa shape index (κ2) is 5.20. The fourth-order valence-electron chi connectivity index (χ4n) is 1.30. The number of hydrogen-bond donors (Lipinski definition) is 1. The number of carbonyl (C=O) groups is 1. The average Bonchev–Trinajstić information content (AvgIpc) is 2.56. The minimum absolute atomic E-state index is 0.0261. The van der Waals surface area contributed by atoms with Crippen LogP contribution in [0, 0.1) is 0 Å². The van der Waals surface area contributed by atoms with Crippen molar-refractivity contribution in [2.24, 2.45) is 0 Å². The van der Waals surface area contributed by atoms with Gasteiger partial charge in [-0.1, -0.05) is 13.3 Å². The van der Waals surface area contributed by atoms with Crippen molar-refractivity contribution in [2.75, 3.05) is 13.2 Å². The van der Waals surface area contributed by atoms with Crippen LogP contribution in [0.5, 0.6) is 0 Å². The smallest absolute Gasteiger partial charge is 0.356 e. The van der Waals surface area contributed by atoms with Crippen molar-refractivity contribution in [3.63, 3.8) is 0 Å². The van der Waals surface area contributed by atoms with Crippen molar-refractivity contribution in [1.29, 1.82) is 0 Å². The largest absolute Gasteiger partial charge is 0.472 e. The SMILES string of the molecule is CCCCOC(=O)B1CCCN1. The molecule has 0 aliphatic carbocycles. The molecular weight excluding hydrogens is 153 g/mol. The zero-order valence-corrected chi connectivity index (χ0v) is 7.64. The highest BCUT2D eigenvalue weighted by Crippen LogP contribution is 2.05. The van der Waals surface area contributed by atoms with Gasteiger partial charge in [0, 0.05) is 0 Å². The lowest BCUT2D eigenvalue weighted by Crippen LogP contribution is -2.36. The van der Waals surface area contributed by atoms with Crippen molar-refractivity contribution in [3.05, 3.63) is 0 Å². The zero-order chi connectivity index (χ0) is 8.81. The summed E-state index contributed by atoms with van der Waals surface area (Å²) < 4.78 is 5.06. The first-order valence-corrected chi connectivity index (χ1v) is 4.74. The lowest BCUT2D eigenvalue weighted by atomic mass is 9.61. The summed E-state index contributed by atoms with van der Waals surface area (Å²) in [5.41, 5.74) is 0. The fourth-order valence-corrected chi connectivity index (χ4v) is 1.30. The number of hydrogen-bond acceptors (Lipinski definition) is 3. The maximum Gasteiger partial charge on any atom is 0.356 e. The molecule has 0 aromatic rings. The average molecular weight is 169 g/mol. The molecule has 3 nitrogen and oxygen atoms in total. The van der Waals surface area contributed by atoms with Gasteiger partial charge in [0.1, 0.15) is 0 Å². The molecular formula is C8H16BNO2. The third-order valence-corrected chi connectivity index (χ3v) is 2.09. The molecule has 1 aliphatic rings. The van der Waals surface area contributed by atoms with E-state index in [0.29, 0.717) is 6.61 Å². The Kier molecular flexibility index (Phi) is 4.15. The molecule has 0 saturated carbocycles. The number of ether oxygens (including phenoxy) is 1. The second-order valence-electron chi connectivity index (χ2n) is 3.17. The maximum absolute atomic E-state index is 11.2. The highest BCUT2D eigenvalue weighted by atomic mass is 16.5. The van der Waals surface area contributed by atoms with E-state index in [9.17, 15) is 4.79 Å². The van der Waals surface area contributed by atoms with Crippen LogP contribution in [-0.2, 0) is 4.74 Å². The Morgan fingerprint density at radius 3 is 3.08 bits per heavy atom. The Balaban J connectivity index is 2.10. The van der Waals surface area contributed by atoms with E-state index in [4.69, 9.17) is 4.74 Å². The summed E-state index contributed by atoms with van der Waals surface area (Å²) in [6.45, 7) is 3.59. The molecule has 12 heavy (non-hydrogen) atoms. The quantitative estimate of drug-likeness (QED) is 0.511. The van der Waals surface area contributed by atoms with Gasteiger partial charge in [0.25, 0.3) is 5.87 Å². The van der Waals surface area contributed by atoms with E-state index in [1.54, 1.807) is 0 Å². The van der Waals surface area contributed by atoms with Gasteiger partial charge in [-0.3, -0.25) is 4.79 Å². The summed E-state index contributed by atoms with van der Waals surface area (Å²) >= 11 is 0. The van der Waals surface area contributed by atoms with E-state index in [0.717, 1.165) is 32.1 Å². The molecule has 4 heteroatoms. The molecule has 1 rings (SSSR count). The molecule has 1 N–H and O–H groups in total. The van der Waals surface area contributed by atoms with E-state index in [1.165, 1.54) is 0 Å². The molecule has 0 amide bonds. The molecule has 0 radical (unpaired) electrons. The minimum atomic E-state index is -0.0686. The molecule has 0 spiro atoms. The van der Waals surface area contributed by atoms with Crippen LogP contribution in [0.4, 0.5) is 4.79 Å². The lowest BCUT2D eigenvalue weighted by Gasteiger charge is -2.06. The number of carbonyl (C=O) groups excluding carboxylic acids is 1. The van der Waals surface area contributed by atoms with Crippen LogP contribution in [0.15, 0.2) is 0 Å². The van der Waals surface area contributed by atoms with Crippen molar-refractivity contribution >= 4 is 12.7 Å². The van der Waals surface area contributed by atoms with Gasteiger partial charge in [-0.25, -0.2) is 0 Å². The number of nitrogens with one attached hydrogen (secondary N) is 1. The predicted octanol–water partition coefficient (Wildman–Crippen LogP) is 1.49. The summed E-state index contributed by atoms with van der Waals surface area (Å²) in [5, 5.41) is 3.11. The van der Waals surface area contributed by atoms with Crippen LogP contribution in [0.1, 0.15) is 26.2 Å². The van der Waals surface area contributed by atoms with E-state index in [-0.39, 0.29) is 12.7 Å². The van der Waals surface area contributed by atoms with Crippen molar-refractivity contribution in [2.45, 2.75) is 32.5 Å². The van der Waals surface area contributed by atoms with Crippen LogP contribution in [0.25, 0.3) is 0 Å². The van der Waals surface area contributed by atoms with Crippen molar-refractivity contribution < 1.29 is 9.53 Å². The van der Waals surface area contributed by atoms with Crippen LogP contribution in [-0.4, -0.2) is 25.9 Å². The summed E-state index contributed by atoms with van der Waals surface area (Å²) in [7, 11) is 0. The Labute approximate surface area is 74.0 Å². The molecule has 0 bridgehead atoms. The zero-order valence-electron chi connectivity index (χ0n) is 7.64. The topological polar surface area (TPSA) is 38.3 Å². The van der Waals surface area contributed by atoms with Crippen LogP contribution < -0.4 is 5.23 Å². The third kappa shape index (κ3) is 2.85. The van der Waals surface area contributed by atoms with Crippen LogP contribution in [0.3, 0.4) is 0 Å². The summed E-state index contributed by atoms with van der Waals surface area (Å²) in [6.07, 6.45) is 4.07. The number of unbranched alkanes of at least 4 members (excludes halogenated alkanes) is 1. The highest BCUT2D eigenvalue weighted by Gasteiger charge is 2.28. The predicted molar refractivity (Wildman–Crippen MR) is 49.4 cm³/mol. The molecule has 1 aliphatic heterocycles. The molecule has 0 aromatic carbocycles. The molecule has 0 aromatic heterocycles. The second-order valence-corrected chi connectivity index (χ2v) is 3.17. The Hall–Kier alpha value is -0.505. The van der Waals surface area contributed by atoms with Gasteiger partial charge in [-0.15, -0.1) is 0 Å². The summed E-state index contributed by atoms with van der Waals surface area (Å²) in [4.78, 5) is 11.2. The Morgan fingerprint density at radius 1 is 1.67 bits per heavy atom. The fraction of sp³-hybridized carbons (Fsp3) is 0.875. The van der Waals surface area contributed by atoms with E-state index in [2.05, 4.69) is 12.2 Å². The van der Waals surface area contributed by atoms with Crippen molar-refractivity contribution in [3.8, 4) is 0 Å². The Bertz CT molecular complexity index is 146. The third-order valence-electron chi connectivity index (χ3n) is 2.09. The lowest BCUT2D eigenvalue weighted by molar-refractivity contribution is 0.169. The van der Waals surface area contributed by atoms with E-state index in [1.807, 2.05) is 0 Å². The van der Waals surface area contributed by atoms with Gasteiger partial charge in [0.05, 0.1) is 6.61 Å². The van der Waals surface area contributed by atoms with Gasteiger partial charge in [-0.05, 0) is 25.7 Å². The van der Waals surface area contributed by atoms with E-state index < -0.39 is 0 Å². The molecule has 1 saturated heterocycles. The van der Waals surface area contributed by atoms with Gasteiger partial charge in [0.2, 0.25) is 0 Å². The minimum Gasteiger partial charge on any atom is -0.472 e. The highest BCUT2D eigenvalue weighted by molar-refractivity contribution is 6.87. The molecule has 68 valence electrons. The van der Waals surface area contributed by atoms with Crippen LogP contribution >= 0.6 is 0 Å². The first kappa shape index (κ1) is 9.58. The monoisotopic (exact) mass is 169 g/mol. The van der Waals surface area contributed by atoms with Gasteiger partial charge >= 0.3 is 6.85 Å². The molecule has 1 heterocycles.